The first-order chi connectivity index (χ1) is 7.45. The Morgan fingerprint density at radius 3 is 2.50 bits per heavy atom. The first kappa shape index (κ1) is 12.5. The summed E-state index contributed by atoms with van der Waals surface area (Å²) in [6.07, 6.45) is 0.277. The molecule has 4 nitrogen and oxygen atoms in total. The Morgan fingerprint density at radius 1 is 1.44 bits per heavy atom. The zero-order valence-electron chi connectivity index (χ0n) is 9.78. The molecule has 0 spiro atoms. The molecule has 3 N–H and O–H groups in total. The van der Waals surface area contributed by atoms with Gasteiger partial charge in [-0.05, 0) is 36.6 Å². The second-order valence-electron chi connectivity index (χ2n) is 3.90. The summed E-state index contributed by atoms with van der Waals surface area (Å²) in [6.45, 7) is 3.96. The Hall–Kier alpha value is -1.55. The predicted octanol–water partition coefficient (Wildman–Crippen LogP) is 1.27. The van der Waals surface area contributed by atoms with Gasteiger partial charge in [0.2, 0.25) is 0 Å². The SMILES string of the molecule is COc1cc(C)c(C)cc1C[C@@H](N)C(=O)O. The van der Waals surface area contributed by atoms with Crippen LogP contribution >= 0.6 is 0 Å². The van der Waals surface area contributed by atoms with Gasteiger partial charge in [0, 0.05) is 6.42 Å². The molecule has 0 aliphatic heterocycles. The van der Waals surface area contributed by atoms with Crippen molar-refractivity contribution in [3.8, 4) is 5.75 Å². The Balaban J connectivity index is 3.03. The van der Waals surface area contributed by atoms with Crippen molar-refractivity contribution in [2.45, 2.75) is 26.3 Å². The van der Waals surface area contributed by atoms with Crippen LogP contribution < -0.4 is 10.5 Å². The zero-order chi connectivity index (χ0) is 12.3. The lowest BCUT2D eigenvalue weighted by molar-refractivity contribution is -0.138. The molecule has 0 saturated heterocycles. The van der Waals surface area contributed by atoms with E-state index in [1.807, 2.05) is 26.0 Å². The van der Waals surface area contributed by atoms with E-state index in [2.05, 4.69) is 0 Å². The van der Waals surface area contributed by atoms with E-state index in [4.69, 9.17) is 15.6 Å². The summed E-state index contributed by atoms with van der Waals surface area (Å²) in [5, 5.41) is 8.76. The minimum Gasteiger partial charge on any atom is -0.496 e. The van der Waals surface area contributed by atoms with Crippen molar-refractivity contribution < 1.29 is 14.6 Å². The van der Waals surface area contributed by atoms with E-state index in [1.165, 1.54) is 0 Å². The van der Waals surface area contributed by atoms with Crippen molar-refractivity contribution in [2.24, 2.45) is 5.73 Å². The molecule has 0 radical (unpaired) electrons. The third-order valence-electron chi connectivity index (χ3n) is 2.65. The Labute approximate surface area is 95.0 Å². The molecule has 1 aromatic rings. The number of rotatable bonds is 4. The molecule has 0 bridgehead atoms. The fourth-order valence-corrected chi connectivity index (χ4v) is 1.52. The monoisotopic (exact) mass is 223 g/mol. The minimum atomic E-state index is -1.000. The van der Waals surface area contributed by atoms with Gasteiger partial charge < -0.3 is 15.6 Å². The summed E-state index contributed by atoms with van der Waals surface area (Å²) in [5.41, 5.74) is 8.56. The Morgan fingerprint density at radius 2 is 2.00 bits per heavy atom. The third-order valence-corrected chi connectivity index (χ3v) is 2.65. The summed E-state index contributed by atoms with van der Waals surface area (Å²) >= 11 is 0. The Bertz CT molecular complexity index is 401. The number of methoxy groups -OCH3 is 1. The highest BCUT2D eigenvalue weighted by Crippen LogP contribution is 2.24. The molecule has 0 heterocycles. The molecule has 0 aromatic heterocycles. The molecule has 0 aliphatic carbocycles. The van der Waals surface area contributed by atoms with Crippen molar-refractivity contribution >= 4 is 5.97 Å². The summed E-state index contributed by atoms with van der Waals surface area (Å²) in [4.78, 5) is 10.7. The maximum absolute atomic E-state index is 10.7. The lowest BCUT2D eigenvalue weighted by Gasteiger charge is -2.13. The fourth-order valence-electron chi connectivity index (χ4n) is 1.52. The number of aryl methyl sites for hydroxylation is 2. The van der Waals surface area contributed by atoms with Gasteiger partial charge in [-0.15, -0.1) is 0 Å². The van der Waals surface area contributed by atoms with Gasteiger partial charge in [-0.2, -0.15) is 0 Å². The van der Waals surface area contributed by atoms with Crippen molar-refractivity contribution in [1.82, 2.24) is 0 Å². The number of benzene rings is 1. The molecule has 4 heteroatoms. The molecule has 1 atom stereocenters. The maximum Gasteiger partial charge on any atom is 0.320 e. The van der Waals surface area contributed by atoms with Gasteiger partial charge in [0.25, 0.3) is 0 Å². The van der Waals surface area contributed by atoms with Crippen molar-refractivity contribution in [3.05, 3.63) is 28.8 Å². The van der Waals surface area contributed by atoms with Crippen LogP contribution in [-0.2, 0) is 11.2 Å². The lowest BCUT2D eigenvalue weighted by Crippen LogP contribution is -2.32. The first-order valence-corrected chi connectivity index (χ1v) is 5.08. The van der Waals surface area contributed by atoms with Crippen molar-refractivity contribution in [3.63, 3.8) is 0 Å². The average molecular weight is 223 g/mol. The molecular weight excluding hydrogens is 206 g/mol. The highest BCUT2D eigenvalue weighted by molar-refractivity contribution is 5.73. The van der Waals surface area contributed by atoms with Crippen molar-refractivity contribution in [2.75, 3.05) is 7.11 Å². The normalized spacial score (nSPS) is 12.2. The van der Waals surface area contributed by atoms with E-state index in [0.29, 0.717) is 5.75 Å². The van der Waals surface area contributed by atoms with Crippen LogP contribution in [0.5, 0.6) is 5.75 Å². The highest BCUT2D eigenvalue weighted by Gasteiger charge is 2.15. The molecule has 0 amide bonds. The number of hydrogen-bond acceptors (Lipinski definition) is 3. The summed E-state index contributed by atoms with van der Waals surface area (Å²) in [5.74, 6) is -0.305. The maximum atomic E-state index is 10.7. The zero-order valence-corrected chi connectivity index (χ0v) is 9.78. The van der Waals surface area contributed by atoms with Crippen LogP contribution in [-0.4, -0.2) is 24.2 Å². The van der Waals surface area contributed by atoms with Crippen LogP contribution in [0.2, 0.25) is 0 Å². The van der Waals surface area contributed by atoms with Gasteiger partial charge >= 0.3 is 5.97 Å². The van der Waals surface area contributed by atoms with Crippen LogP contribution in [0.25, 0.3) is 0 Å². The fraction of sp³-hybridized carbons (Fsp3) is 0.417. The average Bonchev–Trinajstić information content (AvgIpc) is 2.22. The molecule has 16 heavy (non-hydrogen) atoms. The van der Waals surface area contributed by atoms with Gasteiger partial charge in [0.1, 0.15) is 11.8 Å². The van der Waals surface area contributed by atoms with Gasteiger partial charge in [-0.1, -0.05) is 6.07 Å². The second-order valence-corrected chi connectivity index (χ2v) is 3.90. The van der Waals surface area contributed by atoms with Crippen LogP contribution in [0.1, 0.15) is 16.7 Å². The molecular formula is C12H17NO3. The predicted molar refractivity (Wildman–Crippen MR) is 61.8 cm³/mol. The summed E-state index contributed by atoms with van der Waals surface area (Å²) < 4.78 is 5.21. The standard InChI is InChI=1S/C12H17NO3/c1-7-4-9(6-10(13)12(14)15)11(16-3)5-8(7)2/h4-5,10H,6,13H2,1-3H3,(H,14,15)/t10-/m1/s1. The molecule has 0 unspecified atom stereocenters. The van der Waals surface area contributed by atoms with Crippen molar-refractivity contribution in [1.29, 1.82) is 0 Å². The topological polar surface area (TPSA) is 72.5 Å². The molecule has 88 valence electrons. The molecule has 1 aromatic carbocycles. The van der Waals surface area contributed by atoms with Crippen LogP contribution in [0.3, 0.4) is 0 Å². The number of carboxylic acids is 1. The summed E-state index contributed by atoms with van der Waals surface area (Å²) in [6, 6.07) is 2.94. The number of carboxylic acid groups (broad SMARTS) is 1. The number of hydrogen-bond donors (Lipinski definition) is 2. The minimum absolute atomic E-state index is 0.277. The van der Waals surface area contributed by atoms with Crippen LogP contribution in [0, 0.1) is 13.8 Å². The molecule has 1 rings (SSSR count). The molecule has 0 saturated carbocycles. The number of carbonyl (C=O) groups is 1. The quantitative estimate of drug-likeness (QED) is 0.806. The smallest absolute Gasteiger partial charge is 0.320 e. The first-order valence-electron chi connectivity index (χ1n) is 5.08. The molecule has 0 aliphatic rings. The largest absolute Gasteiger partial charge is 0.496 e. The lowest BCUT2D eigenvalue weighted by atomic mass is 10.00. The third kappa shape index (κ3) is 2.73. The van der Waals surface area contributed by atoms with Crippen LogP contribution in [0.15, 0.2) is 12.1 Å². The Kier molecular flexibility index (Phi) is 3.90. The summed E-state index contributed by atoms with van der Waals surface area (Å²) in [7, 11) is 1.57. The molecule has 0 fully saturated rings. The number of ether oxygens (including phenoxy) is 1. The highest BCUT2D eigenvalue weighted by atomic mass is 16.5. The van der Waals surface area contributed by atoms with E-state index < -0.39 is 12.0 Å². The van der Waals surface area contributed by atoms with E-state index in [0.717, 1.165) is 16.7 Å². The number of nitrogens with two attached hydrogens (primary N) is 1. The van der Waals surface area contributed by atoms with E-state index in [1.54, 1.807) is 7.11 Å². The van der Waals surface area contributed by atoms with Gasteiger partial charge in [-0.25, -0.2) is 0 Å². The van der Waals surface area contributed by atoms with E-state index >= 15 is 0 Å². The van der Waals surface area contributed by atoms with Gasteiger partial charge in [0.15, 0.2) is 0 Å². The number of aliphatic carboxylic acids is 1. The van der Waals surface area contributed by atoms with E-state index in [9.17, 15) is 4.79 Å². The van der Waals surface area contributed by atoms with Gasteiger partial charge in [-0.3, -0.25) is 4.79 Å². The second kappa shape index (κ2) is 4.99. The van der Waals surface area contributed by atoms with Gasteiger partial charge in [0.05, 0.1) is 7.11 Å². The van der Waals surface area contributed by atoms with E-state index in [-0.39, 0.29) is 6.42 Å². The van der Waals surface area contributed by atoms with Crippen LogP contribution in [0.4, 0.5) is 0 Å².